The molecule has 0 aliphatic rings. The number of hydrogen-bond donors (Lipinski definition) is 3. The van der Waals surface area contributed by atoms with Gasteiger partial charge < -0.3 is 19.9 Å². The summed E-state index contributed by atoms with van der Waals surface area (Å²) in [6.07, 6.45) is -1.97. The lowest BCUT2D eigenvalue weighted by atomic mass is 10.1. The molecule has 28 heavy (non-hydrogen) atoms. The summed E-state index contributed by atoms with van der Waals surface area (Å²) in [6, 6.07) is 6.21. The molecule has 1 heterocycles. The van der Waals surface area contributed by atoms with Gasteiger partial charge in [0.2, 0.25) is 0 Å². The van der Waals surface area contributed by atoms with Gasteiger partial charge in [-0.25, -0.2) is 4.39 Å². The third-order valence-corrected chi connectivity index (χ3v) is 6.60. The molecule has 2 unspecified atom stereocenters. The van der Waals surface area contributed by atoms with Crippen LogP contribution in [0.3, 0.4) is 0 Å². The van der Waals surface area contributed by atoms with Gasteiger partial charge in [-0.15, -0.1) is 0 Å². The van der Waals surface area contributed by atoms with Gasteiger partial charge >= 0.3 is 5.97 Å². The van der Waals surface area contributed by atoms with Crippen LogP contribution in [0, 0.1) is 5.82 Å². The van der Waals surface area contributed by atoms with Crippen LogP contribution in [0.1, 0.15) is 44.7 Å². The number of rotatable bonds is 9. The van der Waals surface area contributed by atoms with E-state index in [9.17, 15) is 19.4 Å². The fraction of sp³-hybridized carbons (Fsp3) is 0.450. The molecule has 0 saturated heterocycles. The molecule has 0 saturated carbocycles. The van der Waals surface area contributed by atoms with E-state index in [0.29, 0.717) is 13.0 Å². The van der Waals surface area contributed by atoms with Crippen molar-refractivity contribution in [3.8, 4) is 11.3 Å². The van der Waals surface area contributed by atoms with E-state index >= 15 is 0 Å². The van der Waals surface area contributed by atoms with E-state index in [2.05, 4.69) is 50.3 Å². The van der Waals surface area contributed by atoms with Crippen LogP contribution in [0.2, 0.25) is 0 Å². The molecule has 0 amide bonds. The molecule has 0 spiro atoms. The number of carboxylic acids is 1. The number of nitrogens with zero attached hydrogens (tertiary/aromatic N) is 1. The quantitative estimate of drug-likeness (QED) is 0.438. The van der Waals surface area contributed by atoms with Gasteiger partial charge in [0, 0.05) is 12.2 Å². The Hall–Kier alpha value is -1.22. The number of aliphatic hydroxyl groups excluding tert-OH is 2. The smallest absolute Gasteiger partial charge is 0.305 e. The largest absolute Gasteiger partial charge is 0.481 e. The predicted octanol–water partition coefficient (Wildman–Crippen LogP) is 4.92. The van der Waals surface area contributed by atoms with Gasteiger partial charge in [0.1, 0.15) is 5.82 Å². The molecular formula is C20H24Br2FNO4. The fourth-order valence-electron chi connectivity index (χ4n) is 3.26. The van der Waals surface area contributed by atoms with Crippen molar-refractivity contribution in [1.29, 1.82) is 0 Å². The average Bonchev–Trinajstić information content (AvgIpc) is 2.84. The van der Waals surface area contributed by atoms with Crippen molar-refractivity contribution in [3.05, 3.63) is 44.7 Å². The molecule has 0 aliphatic carbocycles. The van der Waals surface area contributed by atoms with E-state index in [4.69, 9.17) is 5.11 Å². The summed E-state index contributed by atoms with van der Waals surface area (Å²) in [5.74, 6) is -1.22. The highest BCUT2D eigenvalue weighted by molar-refractivity contribution is 9.13. The SMILES string of the molecule is CC(C)c1c(Br)c(Br)c(-c2ccc(F)cc2)n1CCC(O)CC(O)CC(=O)O. The van der Waals surface area contributed by atoms with Crippen molar-refractivity contribution in [3.63, 3.8) is 0 Å². The van der Waals surface area contributed by atoms with Crippen LogP contribution < -0.4 is 0 Å². The van der Waals surface area contributed by atoms with Crippen molar-refractivity contribution in [2.24, 2.45) is 0 Å². The van der Waals surface area contributed by atoms with Crippen LogP contribution in [-0.4, -0.2) is 38.1 Å². The number of benzene rings is 1. The number of carbonyl (C=O) groups is 1. The number of aliphatic carboxylic acids is 1. The number of carboxylic acid groups (broad SMARTS) is 1. The van der Waals surface area contributed by atoms with Crippen LogP contribution in [0.25, 0.3) is 11.3 Å². The lowest BCUT2D eigenvalue weighted by molar-refractivity contribution is -0.139. The molecular weight excluding hydrogens is 497 g/mol. The lowest BCUT2D eigenvalue weighted by Crippen LogP contribution is -2.22. The Morgan fingerprint density at radius 2 is 1.71 bits per heavy atom. The van der Waals surface area contributed by atoms with Gasteiger partial charge in [-0.2, -0.15) is 0 Å². The second kappa shape index (κ2) is 10.0. The summed E-state index contributed by atoms with van der Waals surface area (Å²) in [6.45, 7) is 4.58. The van der Waals surface area contributed by atoms with Crippen molar-refractivity contribution in [2.45, 2.75) is 57.8 Å². The van der Waals surface area contributed by atoms with Crippen LogP contribution in [0.5, 0.6) is 0 Å². The van der Waals surface area contributed by atoms with E-state index in [1.807, 2.05) is 0 Å². The number of aliphatic hydroxyl groups is 2. The topological polar surface area (TPSA) is 82.7 Å². The summed E-state index contributed by atoms with van der Waals surface area (Å²) in [7, 11) is 0. The first-order chi connectivity index (χ1) is 13.1. The fourth-order valence-corrected chi connectivity index (χ4v) is 4.76. The minimum absolute atomic E-state index is 0.00119. The van der Waals surface area contributed by atoms with Gasteiger partial charge in [-0.3, -0.25) is 4.79 Å². The predicted molar refractivity (Wildman–Crippen MR) is 113 cm³/mol. The van der Waals surface area contributed by atoms with Crippen LogP contribution in [0.15, 0.2) is 33.2 Å². The summed E-state index contributed by atoms with van der Waals surface area (Å²) in [5, 5.41) is 28.7. The maximum atomic E-state index is 13.4. The van der Waals surface area contributed by atoms with E-state index in [0.717, 1.165) is 25.9 Å². The number of hydrogen-bond acceptors (Lipinski definition) is 3. The highest BCUT2D eigenvalue weighted by Gasteiger charge is 2.24. The second-order valence-corrected chi connectivity index (χ2v) is 8.69. The van der Waals surface area contributed by atoms with Gasteiger partial charge in [-0.1, -0.05) is 13.8 Å². The Labute approximate surface area is 180 Å². The van der Waals surface area contributed by atoms with Crippen molar-refractivity contribution < 1.29 is 24.5 Å². The van der Waals surface area contributed by atoms with Crippen LogP contribution >= 0.6 is 31.9 Å². The van der Waals surface area contributed by atoms with Crippen LogP contribution in [-0.2, 0) is 11.3 Å². The molecule has 0 radical (unpaired) electrons. The minimum Gasteiger partial charge on any atom is -0.481 e. The number of halogens is 3. The van der Waals surface area contributed by atoms with Gasteiger partial charge in [0.25, 0.3) is 0 Å². The Morgan fingerprint density at radius 3 is 2.25 bits per heavy atom. The third-order valence-electron chi connectivity index (χ3n) is 4.49. The molecule has 2 atom stereocenters. The Bertz CT molecular complexity index is 821. The maximum Gasteiger partial charge on any atom is 0.305 e. The molecule has 0 fully saturated rings. The molecule has 0 aliphatic heterocycles. The van der Waals surface area contributed by atoms with Crippen molar-refractivity contribution in [1.82, 2.24) is 4.57 Å². The van der Waals surface area contributed by atoms with E-state index in [1.54, 1.807) is 12.1 Å². The average molecular weight is 521 g/mol. The first kappa shape index (κ1) is 23.1. The first-order valence-corrected chi connectivity index (χ1v) is 10.6. The summed E-state index contributed by atoms with van der Waals surface area (Å²) in [4.78, 5) is 10.7. The number of aromatic nitrogens is 1. The molecule has 0 bridgehead atoms. The monoisotopic (exact) mass is 519 g/mol. The highest BCUT2D eigenvalue weighted by Crippen LogP contribution is 2.42. The van der Waals surface area contributed by atoms with Gasteiger partial charge in [0.05, 0.1) is 33.3 Å². The zero-order valence-electron chi connectivity index (χ0n) is 15.7. The third kappa shape index (κ3) is 5.65. The van der Waals surface area contributed by atoms with Gasteiger partial charge in [0.15, 0.2) is 0 Å². The van der Waals surface area contributed by atoms with Crippen LogP contribution in [0.4, 0.5) is 4.39 Å². The van der Waals surface area contributed by atoms with E-state index < -0.39 is 24.6 Å². The molecule has 5 nitrogen and oxygen atoms in total. The summed E-state index contributed by atoms with van der Waals surface area (Å²) >= 11 is 7.25. The zero-order valence-corrected chi connectivity index (χ0v) is 18.9. The summed E-state index contributed by atoms with van der Waals surface area (Å²) in [5.41, 5.74) is 2.74. The Balaban J connectivity index is 2.30. The Kier molecular flexibility index (Phi) is 8.24. The van der Waals surface area contributed by atoms with Gasteiger partial charge in [-0.05, 0) is 80.4 Å². The minimum atomic E-state index is -1.10. The Morgan fingerprint density at radius 1 is 1.11 bits per heavy atom. The highest BCUT2D eigenvalue weighted by atomic mass is 79.9. The second-order valence-electron chi connectivity index (χ2n) is 7.10. The molecule has 154 valence electrons. The molecule has 3 N–H and O–H groups in total. The molecule has 1 aromatic carbocycles. The first-order valence-electron chi connectivity index (χ1n) is 9.03. The molecule has 2 aromatic rings. The maximum absolute atomic E-state index is 13.4. The van der Waals surface area contributed by atoms with Crippen molar-refractivity contribution in [2.75, 3.05) is 0 Å². The van der Waals surface area contributed by atoms with E-state index in [1.165, 1.54) is 12.1 Å². The molecule has 2 rings (SSSR count). The van der Waals surface area contributed by atoms with Crippen molar-refractivity contribution >= 4 is 37.8 Å². The standard InChI is InChI=1S/C20H24Br2FNO4/c1-11(2)19-17(21)18(22)20(12-3-5-13(23)6-4-12)24(19)8-7-14(25)9-15(26)10-16(27)28/h3-6,11,14-15,25-26H,7-10H2,1-2H3,(H,27,28). The normalized spacial score (nSPS) is 13.7. The van der Waals surface area contributed by atoms with E-state index in [-0.39, 0.29) is 18.2 Å². The molecule has 1 aromatic heterocycles. The lowest BCUT2D eigenvalue weighted by Gasteiger charge is -2.19. The summed E-state index contributed by atoms with van der Waals surface area (Å²) < 4.78 is 17.2. The zero-order chi connectivity index (χ0) is 21.0. The molecule has 8 heteroatoms.